The maximum Gasteiger partial charge on any atom is 0.249 e. The number of nitrogens with zero attached hydrogens (tertiary/aromatic N) is 3. The second-order valence-corrected chi connectivity index (χ2v) is 5.82. The molecule has 1 aromatic carbocycles. The molecule has 1 aliphatic rings. The van der Waals surface area contributed by atoms with Crippen LogP contribution in [-0.4, -0.2) is 46.8 Å². The van der Waals surface area contributed by atoms with Gasteiger partial charge in [0.05, 0.1) is 0 Å². The first-order valence-electron chi connectivity index (χ1n) is 7.78. The van der Waals surface area contributed by atoms with Crippen molar-refractivity contribution >= 4 is 5.91 Å². The molecule has 0 radical (unpaired) electrons. The average Bonchev–Trinajstić information content (AvgIpc) is 3.19. The van der Waals surface area contributed by atoms with Gasteiger partial charge in [-0.05, 0) is 38.1 Å². The topological polar surface area (TPSA) is 50.2 Å². The minimum Gasteiger partial charge on any atom is -0.352 e. The Labute approximate surface area is 130 Å². The first-order chi connectivity index (χ1) is 10.8. The third kappa shape index (κ3) is 3.20. The Morgan fingerprint density at radius 1 is 1.36 bits per heavy atom. The summed E-state index contributed by atoms with van der Waals surface area (Å²) in [7, 11) is 2.12. The lowest BCUT2D eigenvalue weighted by molar-refractivity contribution is -0.123. The summed E-state index contributed by atoms with van der Waals surface area (Å²) in [4.78, 5) is 15.0. The Morgan fingerprint density at radius 2 is 2.18 bits per heavy atom. The van der Waals surface area contributed by atoms with Crippen LogP contribution in [0.2, 0.25) is 0 Å². The van der Waals surface area contributed by atoms with Crippen molar-refractivity contribution in [2.45, 2.75) is 24.9 Å². The van der Waals surface area contributed by atoms with Crippen LogP contribution in [0.5, 0.6) is 0 Å². The van der Waals surface area contributed by atoms with Crippen molar-refractivity contribution < 1.29 is 4.79 Å². The number of likely N-dealkylation sites (N-methyl/N-ethyl adjacent to an activating group) is 1. The molecule has 22 heavy (non-hydrogen) atoms. The SMILES string of the molecule is CN1CCCC1CNC(=O)C(c1ccccc1)n1cccn1. The summed E-state index contributed by atoms with van der Waals surface area (Å²) in [6, 6.07) is 11.7. The highest BCUT2D eigenvalue weighted by molar-refractivity contribution is 5.83. The molecule has 5 heteroatoms. The van der Waals surface area contributed by atoms with E-state index in [1.165, 1.54) is 6.42 Å². The van der Waals surface area contributed by atoms with Crippen molar-refractivity contribution in [3.05, 3.63) is 54.4 Å². The summed E-state index contributed by atoms with van der Waals surface area (Å²) in [5, 5.41) is 7.35. The molecule has 0 aliphatic carbocycles. The van der Waals surface area contributed by atoms with Gasteiger partial charge < -0.3 is 10.2 Å². The van der Waals surface area contributed by atoms with Crippen LogP contribution < -0.4 is 5.32 Å². The fourth-order valence-corrected chi connectivity index (χ4v) is 3.05. The molecule has 116 valence electrons. The van der Waals surface area contributed by atoms with Crippen LogP contribution >= 0.6 is 0 Å². The van der Waals surface area contributed by atoms with E-state index in [0.29, 0.717) is 12.6 Å². The van der Waals surface area contributed by atoms with Gasteiger partial charge in [-0.15, -0.1) is 0 Å². The molecular formula is C17H22N4O. The van der Waals surface area contributed by atoms with Crippen LogP contribution in [0.4, 0.5) is 0 Å². The lowest BCUT2D eigenvalue weighted by Gasteiger charge is -2.22. The summed E-state index contributed by atoms with van der Waals surface area (Å²) in [5.74, 6) is -0.00444. The van der Waals surface area contributed by atoms with E-state index in [9.17, 15) is 4.79 Å². The molecular weight excluding hydrogens is 276 g/mol. The molecule has 1 N–H and O–H groups in total. The number of carbonyl (C=O) groups excluding carboxylic acids is 1. The van der Waals surface area contributed by atoms with Gasteiger partial charge in [0.15, 0.2) is 6.04 Å². The van der Waals surface area contributed by atoms with Crippen LogP contribution in [-0.2, 0) is 4.79 Å². The highest BCUT2D eigenvalue weighted by atomic mass is 16.2. The van der Waals surface area contributed by atoms with Crippen LogP contribution in [0.25, 0.3) is 0 Å². The van der Waals surface area contributed by atoms with E-state index >= 15 is 0 Å². The monoisotopic (exact) mass is 298 g/mol. The molecule has 1 aromatic heterocycles. The number of benzene rings is 1. The van der Waals surface area contributed by atoms with Crippen molar-refractivity contribution in [3.8, 4) is 0 Å². The van der Waals surface area contributed by atoms with Gasteiger partial charge in [-0.2, -0.15) is 5.10 Å². The van der Waals surface area contributed by atoms with Crippen molar-refractivity contribution in [2.24, 2.45) is 0 Å². The third-order valence-electron chi connectivity index (χ3n) is 4.34. The zero-order chi connectivity index (χ0) is 15.4. The van der Waals surface area contributed by atoms with Crippen molar-refractivity contribution in [1.82, 2.24) is 20.0 Å². The first-order valence-corrected chi connectivity index (χ1v) is 7.78. The fourth-order valence-electron chi connectivity index (χ4n) is 3.05. The normalized spacial score (nSPS) is 20.0. The van der Waals surface area contributed by atoms with Crippen molar-refractivity contribution in [2.75, 3.05) is 20.1 Å². The molecule has 1 amide bonds. The van der Waals surface area contributed by atoms with Gasteiger partial charge in [-0.1, -0.05) is 30.3 Å². The Morgan fingerprint density at radius 3 is 2.82 bits per heavy atom. The number of rotatable bonds is 5. The predicted octanol–water partition coefficient (Wildman–Crippen LogP) is 1.68. The standard InChI is InChI=1S/C17H22N4O/c1-20-11-5-9-15(20)13-18-17(22)16(21-12-6-10-19-21)14-7-3-2-4-8-14/h2-4,6-8,10,12,15-16H,5,9,11,13H2,1H3,(H,18,22). The quantitative estimate of drug-likeness (QED) is 0.914. The molecule has 3 rings (SSSR count). The molecule has 1 saturated heterocycles. The molecule has 2 aromatic rings. The van der Waals surface area contributed by atoms with Gasteiger partial charge >= 0.3 is 0 Å². The van der Waals surface area contributed by atoms with E-state index in [1.54, 1.807) is 10.9 Å². The van der Waals surface area contributed by atoms with E-state index in [-0.39, 0.29) is 5.91 Å². The van der Waals surface area contributed by atoms with Crippen LogP contribution in [0.15, 0.2) is 48.8 Å². The molecule has 2 heterocycles. The average molecular weight is 298 g/mol. The van der Waals surface area contributed by atoms with Gasteiger partial charge in [0, 0.05) is 25.0 Å². The Balaban J connectivity index is 1.73. The third-order valence-corrected chi connectivity index (χ3v) is 4.34. The zero-order valence-corrected chi connectivity index (χ0v) is 12.9. The summed E-state index contributed by atoms with van der Waals surface area (Å²) in [5.41, 5.74) is 0.948. The largest absolute Gasteiger partial charge is 0.352 e. The summed E-state index contributed by atoms with van der Waals surface area (Å²) < 4.78 is 1.71. The number of hydrogen-bond donors (Lipinski definition) is 1. The molecule has 1 aliphatic heterocycles. The summed E-state index contributed by atoms with van der Waals surface area (Å²) in [6.45, 7) is 1.81. The van der Waals surface area contributed by atoms with Gasteiger partial charge in [-0.3, -0.25) is 9.48 Å². The van der Waals surface area contributed by atoms with E-state index in [1.807, 2.05) is 42.6 Å². The first kappa shape index (κ1) is 14.8. The van der Waals surface area contributed by atoms with Crippen LogP contribution in [0, 0.1) is 0 Å². The van der Waals surface area contributed by atoms with E-state index in [2.05, 4.69) is 22.4 Å². The Bertz CT molecular complexity index is 596. The highest BCUT2D eigenvalue weighted by Gasteiger charge is 2.26. The number of likely N-dealkylation sites (tertiary alicyclic amines) is 1. The summed E-state index contributed by atoms with van der Waals surface area (Å²) in [6.07, 6.45) is 5.89. The molecule has 0 spiro atoms. The summed E-state index contributed by atoms with van der Waals surface area (Å²) >= 11 is 0. The molecule has 0 saturated carbocycles. The second-order valence-electron chi connectivity index (χ2n) is 5.82. The minimum absolute atomic E-state index is 0.00444. The van der Waals surface area contributed by atoms with Crippen LogP contribution in [0.1, 0.15) is 24.4 Å². The van der Waals surface area contributed by atoms with Crippen molar-refractivity contribution in [3.63, 3.8) is 0 Å². The number of nitrogens with one attached hydrogen (secondary N) is 1. The van der Waals surface area contributed by atoms with E-state index < -0.39 is 6.04 Å². The number of aromatic nitrogens is 2. The van der Waals surface area contributed by atoms with Crippen LogP contribution in [0.3, 0.4) is 0 Å². The maximum absolute atomic E-state index is 12.7. The van der Waals surface area contributed by atoms with Gasteiger partial charge in [0.1, 0.15) is 0 Å². The highest BCUT2D eigenvalue weighted by Crippen LogP contribution is 2.18. The second kappa shape index (κ2) is 6.75. The molecule has 2 atom stereocenters. The predicted molar refractivity (Wildman–Crippen MR) is 85.5 cm³/mol. The zero-order valence-electron chi connectivity index (χ0n) is 12.9. The van der Waals surface area contributed by atoms with Crippen molar-refractivity contribution in [1.29, 1.82) is 0 Å². The molecule has 1 fully saturated rings. The molecule has 0 bridgehead atoms. The number of amides is 1. The van der Waals surface area contributed by atoms with Gasteiger partial charge in [-0.25, -0.2) is 0 Å². The number of hydrogen-bond acceptors (Lipinski definition) is 3. The maximum atomic E-state index is 12.7. The smallest absolute Gasteiger partial charge is 0.249 e. The number of carbonyl (C=O) groups is 1. The van der Waals surface area contributed by atoms with E-state index in [0.717, 1.165) is 18.5 Å². The van der Waals surface area contributed by atoms with E-state index in [4.69, 9.17) is 0 Å². The molecule has 5 nitrogen and oxygen atoms in total. The van der Waals surface area contributed by atoms with Gasteiger partial charge in [0.2, 0.25) is 5.91 Å². The lowest BCUT2D eigenvalue weighted by atomic mass is 10.1. The van der Waals surface area contributed by atoms with Gasteiger partial charge in [0.25, 0.3) is 0 Å². The molecule has 2 unspecified atom stereocenters. The lowest BCUT2D eigenvalue weighted by Crippen LogP contribution is -2.41. The minimum atomic E-state index is -0.414. The fraction of sp³-hybridized carbons (Fsp3) is 0.412. The Kier molecular flexibility index (Phi) is 4.53. The Hall–Kier alpha value is -2.14.